The van der Waals surface area contributed by atoms with Gasteiger partial charge in [-0.1, -0.05) is 13.8 Å². The van der Waals surface area contributed by atoms with E-state index in [0.29, 0.717) is 13.0 Å². The fraction of sp³-hybridized carbons (Fsp3) is 0.818. The Bertz CT molecular complexity index is 273. The minimum Gasteiger partial charge on any atom is -0.481 e. The molecule has 0 spiro atoms. The molecule has 1 aliphatic heterocycles. The number of rotatable bonds is 3. The molecule has 15 heavy (non-hydrogen) atoms. The first-order valence-corrected chi connectivity index (χ1v) is 5.33. The van der Waals surface area contributed by atoms with Crippen LogP contribution in [0.2, 0.25) is 0 Å². The highest BCUT2D eigenvalue weighted by molar-refractivity contribution is 5.79. The summed E-state index contributed by atoms with van der Waals surface area (Å²) in [6.07, 6.45) is 1.51. The number of amides is 1. The van der Waals surface area contributed by atoms with E-state index in [4.69, 9.17) is 5.11 Å². The Kier molecular flexibility index (Phi) is 3.37. The van der Waals surface area contributed by atoms with Crippen molar-refractivity contribution in [2.75, 3.05) is 6.54 Å². The minimum atomic E-state index is -0.847. The molecule has 86 valence electrons. The van der Waals surface area contributed by atoms with E-state index in [-0.39, 0.29) is 23.8 Å². The molecule has 0 aromatic rings. The fourth-order valence-corrected chi connectivity index (χ4v) is 1.98. The number of piperidine rings is 1. The summed E-state index contributed by atoms with van der Waals surface area (Å²) in [7, 11) is 0. The highest BCUT2D eigenvalue weighted by Crippen LogP contribution is 2.31. The summed E-state index contributed by atoms with van der Waals surface area (Å²) >= 11 is 0. The van der Waals surface area contributed by atoms with Crippen molar-refractivity contribution in [2.45, 2.75) is 46.1 Å². The number of carboxylic acids is 1. The van der Waals surface area contributed by atoms with E-state index >= 15 is 0 Å². The zero-order chi connectivity index (χ0) is 11.6. The van der Waals surface area contributed by atoms with Gasteiger partial charge in [-0.25, -0.2) is 0 Å². The van der Waals surface area contributed by atoms with Gasteiger partial charge in [-0.3, -0.25) is 9.59 Å². The van der Waals surface area contributed by atoms with Gasteiger partial charge in [0.15, 0.2) is 0 Å². The Morgan fingerprint density at radius 1 is 1.60 bits per heavy atom. The molecule has 0 aromatic heterocycles. The maximum absolute atomic E-state index is 11.8. The number of hydrogen-bond donors (Lipinski definition) is 1. The number of carbonyl (C=O) groups is 2. The Hall–Kier alpha value is -1.06. The van der Waals surface area contributed by atoms with Crippen molar-refractivity contribution in [1.82, 2.24) is 4.90 Å². The number of aliphatic carboxylic acids is 1. The summed E-state index contributed by atoms with van der Waals surface area (Å²) < 4.78 is 0. The van der Waals surface area contributed by atoms with E-state index in [2.05, 4.69) is 13.8 Å². The molecule has 0 aromatic carbocycles. The molecular formula is C11H19NO3. The van der Waals surface area contributed by atoms with E-state index in [0.717, 1.165) is 6.42 Å². The summed E-state index contributed by atoms with van der Waals surface area (Å²) in [6.45, 7) is 6.62. The molecule has 1 N–H and O–H groups in total. The van der Waals surface area contributed by atoms with Crippen molar-refractivity contribution >= 4 is 11.9 Å². The van der Waals surface area contributed by atoms with E-state index in [1.165, 1.54) is 0 Å². The van der Waals surface area contributed by atoms with Gasteiger partial charge in [0.2, 0.25) is 5.91 Å². The van der Waals surface area contributed by atoms with Crippen LogP contribution in [0.4, 0.5) is 0 Å². The average molecular weight is 213 g/mol. The molecule has 1 atom stereocenters. The molecule has 0 bridgehead atoms. The zero-order valence-corrected chi connectivity index (χ0v) is 9.62. The Balaban J connectivity index is 2.58. The first kappa shape index (κ1) is 12.0. The van der Waals surface area contributed by atoms with Gasteiger partial charge in [-0.15, -0.1) is 0 Å². The normalized spacial score (nSPS) is 22.6. The summed E-state index contributed by atoms with van der Waals surface area (Å²) in [5.41, 5.74) is 0.0660. The average Bonchev–Trinajstić information content (AvgIpc) is 1.99. The van der Waals surface area contributed by atoms with Crippen LogP contribution >= 0.6 is 0 Å². The van der Waals surface area contributed by atoms with Crippen molar-refractivity contribution in [3.8, 4) is 0 Å². The SMILES string of the molecule is CC(CC(=O)O)N1CCC(C)(C)CC1=O. The van der Waals surface area contributed by atoms with Crippen molar-refractivity contribution in [2.24, 2.45) is 5.41 Å². The van der Waals surface area contributed by atoms with E-state index in [1.54, 1.807) is 11.8 Å². The lowest BCUT2D eigenvalue weighted by Gasteiger charge is -2.39. The summed E-state index contributed by atoms with van der Waals surface area (Å²) in [5.74, 6) is -0.764. The van der Waals surface area contributed by atoms with Crippen molar-refractivity contribution in [3.05, 3.63) is 0 Å². The van der Waals surface area contributed by atoms with Gasteiger partial charge < -0.3 is 10.0 Å². The number of carbonyl (C=O) groups excluding carboxylic acids is 1. The van der Waals surface area contributed by atoms with Crippen LogP contribution in [-0.4, -0.2) is 34.5 Å². The summed E-state index contributed by atoms with van der Waals surface area (Å²) in [4.78, 5) is 24.0. The number of nitrogens with zero attached hydrogens (tertiary/aromatic N) is 1. The molecule has 0 saturated carbocycles. The van der Waals surface area contributed by atoms with Crippen LogP contribution in [-0.2, 0) is 9.59 Å². The van der Waals surface area contributed by atoms with Gasteiger partial charge in [0, 0.05) is 19.0 Å². The smallest absolute Gasteiger partial charge is 0.305 e. The van der Waals surface area contributed by atoms with Gasteiger partial charge in [-0.2, -0.15) is 0 Å². The second-order valence-corrected chi connectivity index (χ2v) is 5.13. The third-order valence-electron chi connectivity index (χ3n) is 2.98. The van der Waals surface area contributed by atoms with Crippen LogP contribution in [0.1, 0.15) is 40.0 Å². The van der Waals surface area contributed by atoms with Gasteiger partial charge in [0.25, 0.3) is 0 Å². The predicted molar refractivity (Wildman–Crippen MR) is 56.4 cm³/mol. The lowest BCUT2D eigenvalue weighted by atomic mass is 9.82. The molecule has 1 saturated heterocycles. The Labute approximate surface area is 90.3 Å². The first-order chi connectivity index (χ1) is 6.82. The van der Waals surface area contributed by atoms with Crippen LogP contribution in [0, 0.1) is 5.41 Å². The second kappa shape index (κ2) is 4.21. The number of hydrogen-bond acceptors (Lipinski definition) is 2. The Morgan fingerprint density at radius 3 is 2.67 bits per heavy atom. The van der Waals surface area contributed by atoms with Crippen molar-refractivity contribution in [1.29, 1.82) is 0 Å². The topological polar surface area (TPSA) is 57.6 Å². The van der Waals surface area contributed by atoms with Gasteiger partial charge in [-0.05, 0) is 18.8 Å². The number of carboxylic acid groups (broad SMARTS) is 1. The maximum atomic E-state index is 11.8. The second-order valence-electron chi connectivity index (χ2n) is 5.13. The van der Waals surface area contributed by atoms with Crippen LogP contribution < -0.4 is 0 Å². The van der Waals surface area contributed by atoms with Crippen LogP contribution in [0.15, 0.2) is 0 Å². The standard InChI is InChI=1S/C11H19NO3/c1-8(6-10(14)15)12-5-4-11(2,3)7-9(12)13/h8H,4-7H2,1-3H3,(H,14,15). The molecule has 1 fully saturated rings. The highest BCUT2D eigenvalue weighted by atomic mass is 16.4. The number of likely N-dealkylation sites (tertiary alicyclic amines) is 1. The lowest BCUT2D eigenvalue weighted by molar-refractivity contribution is -0.143. The largest absolute Gasteiger partial charge is 0.481 e. The highest BCUT2D eigenvalue weighted by Gasteiger charge is 2.33. The summed E-state index contributed by atoms with van der Waals surface area (Å²) in [6, 6.07) is -0.189. The van der Waals surface area contributed by atoms with Gasteiger partial charge in [0.1, 0.15) is 0 Å². The molecule has 4 nitrogen and oxygen atoms in total. The van der Waals surface area contributed by atoms with Crippen molar-refractivity contribution in [3.63, 3.8) is 0 Å². The molecule has 1 heterocycles. The molecule has 1 aliphatic rings. The molecule has 1 amide bonds. The minimum absolute atomic E-state index is 0.0339. The summed E-state index contributed by atoms with van der Waals surface area (Å²) in [5, 5.41) is 8.67. The zero-order valence-electron chi connectivity index (χ0n) is 9.62. The lowest BCUT2D eigenvalue weighted by Crippen LogP contribution is -2.47. The fourth-order valence-electron chi connectivity index (χ4n) is 1.98. The molecule has 1 unspecified atom stereocenters. The molecule has 1 rings (SSSR count). The van der Waals surface area contributed by atoms with Crippen LogP contribution in [0.3, 0.4) is 0 Å². The maximum Gasteiger partial charge on any atom is 0.305 e. The molecule has 0 aliphatic carbocycles. The third kappa shape index (κ3) is 3.22. The monoisotopic (exact) mass is 213 g/mol. The van der Waals surface area contributed by atoms with E-state index < -0.39 is 5.97 Å². The van der Waals surface area contributed by atoms with Crippen molar-refractivity contribution < 1.29 is 14.7 Å². The predicted octanol–water partition coefficient (Wildman–Crippen LogP) is 1.50. The quantitative estimate of drug-likeness (QED) is 0.772. The molecule has 4 heteroatoms. The third-order valence-corrected chi connectivity index (χ3v) is 2.98. The van der Waals surface area contributed by atoms with E-state index in [9.17, 15) is 9.59 Å². The molecule has 0 radical (unpaired) electrons. The Morgan fingerprint density at radius 2 is 2.20 bits per heavy atom. The molecular weight excluding hydrogens is 194 g/mol. The van der Waals surface area contributed by atoms with Crippen LogP contribution in [0.25, 0.3) is 0 Å². The first-order valence-electron chi connectivity index (χ1n) is 5.33. The van der Waals surface area contributed by atoms with E-state index in [1.807, 2.05) is 0 Å². The van der Waals surface area contributed by atoms with Crippen LogP contribution in [0.5, 0.6) is 0 Å². The van der Waals surface area contributed by atoms with Gasteiger partial charge in [0.05, 0.1) is 6.42 Å². The van der Waals surface area contributed by atoms with Gasteiger partial charge >= 0.3 is 5.97 Å².